The van der Waals surface area contributed by atoms with Crippen molar-refractivity contribution in [1.29, 1.82) is 0 Å². The summed E-state index contributed by atoms with van der Waals surface area (Å²) in [5.41, 5.74) is 0. The third-order valence-electron chi connectivity index (χ3n) is 3.70. The minimum absolute atomic E-state index is 0.00572. The average molecular weight is 321 g/mol. The zero-order valence-electron chi connectivity index (χ0n) is 12.3. The molecule has 23 heavy (non-hydrogen) atoms. The van der Waals surface area contributed by atoms with Crippen molar-refractivity contribution in [3.8, 4) is 5.75 Å². The molecule has 7 nitrogen and oxygen atoms in total. The van der Waals surface area contributed by atoms with Gasteiger partial charge in [-0.15, -0.1) is 0 Å². The molecule has 0 spiro atoms. The highest BCUT2D eigenvalue weighted by atomic mass is 19.1. The number of ether oxygens (including phenoxy) is 1. The molecule has 1 aromatic carbocycles. The standard InChI is InChI=1S/C15H16FN3O4/c16-11-1-3-12(4-2-11)22-9-14(21)19-6-5-10(7-19)15-17-13(8-20)23-18-15/h1-4,10,20H,5-9H2. The summed E-state index contributed by atoms with van der Waals surface area (Å²) in [4.78, 5) is 17.9. The van der Waals surface area contributed by atoms with Gasteiger partial charge in [-0.2, -0.15) is 4.98 Å². The van der Waals surface area contributed by atoms with E-state index in [1.165, 1.54) is 24.3 Å². The summed E-state index contributed by atoms with van der Waals surface area (Å²) in [6.07, 6.45) is 0.729. The van der Waals surface area contributed by atoms with Crippen molar-refractivity contribution in [3.05, 3.63) is 41.8 Å². The molecule has 2 heterocycles. The number of nitrogens with zero attached hydrogens (tertiary/aromatic N) is 3. The second kappa shape index (κ2) is 6.74. The number of carbonyl (C=O) groups excluding carboxylic acids is 1. The fraction of sp³-hybridized carbons (Fsp3) is 0.400. The molecule has 1 amide bonds. The third kappa shape index (κ3) is 3.65. The van der Waals surface area contributed by atoms with Crippen LogP contribution in [-0.2, 0) is 11.4 Å². The molecule has 0 aliphatic carbocycles. The average Bonchev–Trinajstić information content (AvgIpc) is 3.22. The summed E-state index contributed by atoms with van der Waals surface area (Å²) in [6.45, 7) is 0.662. The summed E-state index contributed by atoms with van der Waals surface area (Å²) in [7, 11) is 0. The summed E-state index contributed by atoms with van der Waals surface area (Å²) in [5, 5.41) is 12.7. The Kier molecular flexibility index (Phi) is 4.52. The van der Waals surface area contributed by atoms with E-state index in [0.717, 1.165) is 6.42 Å². The number of benzene rings is 1. The highest BCUT2D eigenvalue weighted by molar-refractivity contribution is 5.78. The summed E-state index contributed by atoms with van der Waals surface area (Å²) >= 11 is 0. The van der Waals surface area contributed by atoms with Crippen LogP contribution in [0.3, 0.4) is 0 Å². The summed E-state index contributed by atoms with van der Waals surface area (Å²) in [6, 6.07) is 5.51. The van der Waals surface area contributed by atoms with E-state index in [4.69, 9.17) is 14.4 Å². The molecule has 3 rings (SSSR count). The van der Waals surface area contributed by atoms with Gasteiger partial charge in [-0.3, -0.25) is 4.79 Å². The van der Waals surface area contributed by atoms with Crippen LogP contribution in [0, 0.1) is 5.82 Å². The van der Waals surface area contributed by atoms with Crippen LogP contribution in [0.5, 0.6) is 5.75 Å². The van der Waals surface area contributed by atoms with E-state index in [1.807, 2.05) is 0 Å². The van der Waals surface area contributed by atoms with Gasteiger partial charge in [0.1, 0.15) is 18.2 Å². The van der Waals surface area contributed by atoms with E-state index in [-0.39, 0.29) is 36.7 Å². The molecule has 2 aromatic rings. The van der Waals surface area contributed by atoms with Gasteiger partial charge in [0.25, 0.3) is 11.8 Å². The Morgan fingerprint density at radius 1 is 1.43 bits per heavy atom. The van der Waals surface area contributed by atoms with Crippen LogP contribution in [-0.4, -0.2) is 45.8 Å². The van der Waals surface area contributed by atoms with Crippen LogP contribution < -0.4 is 4.74 Å². The molecule has 1 fully saturated rings. The van der Waals surface area contributed by atoms with Crippen LogP contribution in [0.4, 0.5) is 4.39 Å². The second-order valence-corrected chi connectivity index (χ2v) is 5.27. The first-order valence-electron chi connectivity index (χ1n) is 7.25. The fourth-order valence-electron chi connectivity index (χ4n) is 2.46. The molecular weight excluding hydrogens is 305 g/mol. The van der Waals surface area contributed by atoms with Crippen LogP contribution >= 0.6 is 0 Å². The minimum atomic E-state index is -0.353. The summed E-state index contributed by atoms with van der Waals surface area (Å²) in [5.74, 6) is 0.611. The number of hydrogen-bond donors (Lipinski definition) is 1. The number of amides is 1. The van der Waals surface area contributed by atoms with Gasteiger partial charge < -0.3 is 19.3 Å². The van der Waals surface area contributed by atoms with Gasteiger partial charge in [-0.1, -0.05) is 5.16 Å². The molecule has 1 N–H and O–H groups in total. The Bertz CT molecular complexity index is 674. The van der Waals surface area contributed by atoms with E-state index in [1.54, 1.807) is 4.90 Å². The number of halogens is 1. The zero-order chi connectivity index (χ0) is 16.2. The van der Waals surface area contributed by atoms with Gasteiger partial charge >= 0.3 is 0 Å². The first-order valence-corrected chi connectivity index (χ1v) is 7.25. The molecule has 1 aliphatic heterocycles. The highest BCUT2D eigenvalue weighted by Gasteiger charge is 2.30. The second-order valence-electron chi connectivity index (χ2n) is 5.27. The van der Waals surface area contributed by atoms with E-state index in [0.29, 0.717) is 24.7 Å². The minimum Gasteiger partial charge on any atom is -0.484 e. The van der Waals surface area contributed by atoms with Crippen molar-refractivity contribution in [2.45, 2.75) is 18.9 Å². The van der Waals surface area contributed by atoms with Gasteiger partial charge in [0.15, 0.2) is 12.4 Å². The van der Waals surface area contributed by atoms with Gasteiger partial charge in [-0.05, 0) is 30.7 Å². The Balaban J connectivity index is 1.51. The molecule has 0 radical (unpaired) electrons. The molecule has 1 aliphatic rings. The van der Waals surface area contributed by atoms with Crippen molar-refractivity contribution in [2.24, 2.45) is 0 Å². The largest absolute Gasteiger partial charge is 0.484 e. The molecule has 1 unspecified atom stereocenters. The zero-order valence-corrected chi connectivity index (χ0v) is 12.3. The van der Waals surface area contributed by atoms with Crippen molar-refractivity contribution in [3.63, 3.8) is 0 Å². The number of aromatic nitrogens is 2. The SMILES string of the molecule is O=C(COc1ccc(F)cc1)N1CCC(c2noc(CO)n2)C1. The Labute approximate surface area is 131 Å². The first-order chi connectivity index (χ1) is 11.2. The number of carbonyl (C=O) groups is 1. The molecule has 1 saturated heterocycles. The predicted molar refractivity (Wildman–Crippen MR) is 76.1 cm³/mol. The van der Waals surface area contributed by atoms with Gasteiger partial charge in [0, 0.05) is 19.0 Å². The smallest absolute Gasteiger partial charge is 0.260 e. The molecule has 0 saturated carbocycles. The summed E-state index contributed by atoms with van der Waals surface area (Å²) < 4.78 is 23.0. The molecular formula is C15H16FN3O4. The number of likely N-dealkylation sites (tertiary alicyclic amines) is 1. The lowest BCUT2D eigenvalue weighted by atomic mass is 10.1. The van der Waals surface area contributed by atoms with Gasteiger partial charge in [0.05, 0.1) is 0 Å². The van der Waals surface area contributed by atoms with Gasteiger partial charge in [-0.25, -0.2) is 4.39 Å². The maximum absolute atomic E-state index is 12.8. The Hall–Kier alpha value is -2.48. The topological polar surface area (TPSA) is 88.7 Å². The van der Waals surface area contributed by atoms with Crippen LogP contribution in [0.1, 0.15) is 24.1 Å². The third-order valence-corrected chi connectivity index (χ3v) is 3.70. The van der Waals surface area contributed by atoms with E-state index in [2.05, 4.69) is 10.1 Å². The van der Waals surface area contributed by atoms with Crippen molar-refractivity contribution in [1.82, 2.24) is 15.0 Å². The van der Waals surface area contributed by atoms with E-state index < -0.39 is 0 Å². The highest BCUT2D eigenvalue weighted by Crippen LogP contribution is 2.25. The fourth-order valence-corrected chi connectivity index (χ4v) is 2.46. The first kappa shape index (κ1) is 15.4. The number of hydrogen-bond acceptors (Lipinski definition) is 6. The van der Waals surface area contributed by atoms with Crippen molar-refractivity contribution >= 4 is 5.91 Å². The quantitative estimate of drug-likeness (QED) is 0.887. The lowest BCUT2D eigenvalue weighted by molar-refractivity contribution is -0.132. The number of rotatable bonds is 5. The molecule has 1 atom stereocenters. The van der Waals surface area contributed by atoms with E-state index in [9.17, 15) is 9.18 Å². The van der Waals surface area contributed by atoms with Crippen LogP contribution in [0.25, 0.3) is 0 Å². The molecule has 0 bridgehead atoms. The van der Waals surface area contributed by atoms with E-state index >= 15 is 0 Å². The van der Waals surface area contributed by atoms with Gasteiger partial charge in [0.2, 0.25) is 0 Å². The lowest BCUT2D eigenvalue weighted by Gasteiger charge is -2.16. The predicted octanol–water partition coefficient (Wildman–Crippen LogP) is 1.10. The van der Waals surface area contributed by atoms with Crippen LogP contribution in [0.15, 0.2) is 28.8 Å². The molecule has 122 valence electrons. The Morgan fingerprint density at radius 2 is 2.22 bits per heavy atom. The van der Waals surface area contributed by atoms with Crippen molar-refractivity contribution in [2.75, 3.05) is 19.7 Å². The molecule has 1 aromatic heterocycles. The molecule has 8 heteroatoms. The lowest BCUT2D eigenvalue weighted by Crippen LogP contribution is -2.32. The van der Waals surface area contributed by atoms with Crippen LogP contribution in [0.2, 0.25) is 0 Å². The monoisotopic (exact) mass is 321 g/mol. The Morgan fingerprint density at radius 3 is 2.91 bits per heavy atom. The number of aliphatic hydroxyl groups excluding tert-OH is 1. The normalized spacial score (nSPS) is 17.5. The van der Waals surface area contributed by atoms with Crippen molar-refractivity contribution < 1.29 is 23.6 Å². The maximum atomic E-state index is 12.8. The maximum Gasteiger partial charge on any atom is 0.260 e. The number of aliphatic hydroxyl groups is 1.